The van der Waals surface area contributed by atoms with Crippen molar-refractivity contribution in [2.45, 2.75) is 39.2 Å². The quantitative estimate of drug-likeness (QED) is 0.565. The number of hydrogen-bond donors (Lipinski definition) is 2. The third kappa shape index (κ3) is 15.2. The molecule has 0 aliphatic carbocycles. The molecular weight excluding hydrogens is 260 g/mol. The van der Waals surface area contributed by atoms with Gasteiger partial charge in [-0.15, -0.1) is 0 Å². The van der Waals surface area contributed by atoms with E-state index in [9.17, 15) is 4.79 Å². The van der Waals surface area contributed by atoms with E-state index in [-0.39, 0.29) is 6.09 Å². The molecule has 2 N–H and O–H groups in total. The Morgan fingerprint density at radius 1 is 1.00 bits per heavy atom. The molecule has 6 heteroatoms. The van der Waals surface area contributed by atoms with Crippen LogP contribution < -0.4 is 10.6 Å². The zero-order chi connectivity index (χ0) is 15.3. The minimum atomic E-state index is -0.439. The van der Waals surface area contributed by atoms with Crippen LogP contribution in [0.5, 0.6) is 0 Å². The number of rotatable bonds is 11. The van der Waals surface area contributed by atoms with Crippen LogP contribution in [0.25, 0.3) is 0 Å². The van der Waals surface area contributed by atoms with Gasteiger partial charge in [0.15, 0.2) is 0 Å². The lowest BCUT2D eigenvalue weighted by Crippen LogP contribution is -2.34. The predicted molar refractivity (Wildman–Crippen MR) is 79.0 cm³/mol. The Morgan fingerprint density at radius 3 is 2.35 bits per heavy atom. The van der Waals surface area contributed by atoms with E-state index in [1.54, 1.807) is 7.11 Å². The highest BCUT2D eigenvalue weighted by Gasteiger charge is 2.15. The Bertz CT molecular complexity index is 242. The molecule has 0 rings (SSSR count). The average molecular weight is 290 g/mol. The topological polar surface area (TPSA) is 68.8 Å². The lowest BCUT2D eigenvalue weighted by Gasteiger charge is -2.19. The maximum Gasteiger partial charge on any atom is 0.407 e. The number of carbonyl (C=O) groups is 1. The zero-order valence-corrected chi connectivity index (χ0v) is 13.3. The molecule has 0 fully saturated rings. The first-order valence-corrected chi connectivity index (χ1v) is 7.20. The smallest absolute Gasteiger partial charge is 0.407 e. The maximum atomic E-state index is 11.3. The summed E-state index contributed by atoms with van der Waals surface area (Å²) in [6, 6.07) is 0. The minimum Gasteiger partial charge on any atom is -0.444 e. The summed E-state index contributed by atoms with van der Waals surface area (Å²) in [6.07, 6.45) is 1.50. The third-order valence-electron chi connectivity index (χ3n) is 2.27. The first-order chi connectivity index (χ1) is 9.45. The Hall–Kier alpha value is -0.850. The summed E-state index contributed by atoms with van der Waals surface area (Å²) in [6.45, 7) is 9.99. The van der Waals surface area contributed by atoms with Gasteiger partial charge in [0, 0.05) is 20.3 Å². The van der Waals surface area contributed by atoms with Gasteiger partial charge in [-0.25, -0.2) is 4.79 Å². The number of carbonyl (C=O) groups excluding carboxylic acids is 1. The van der Waals surface area contributed by atoms with Crippen molar-refractivity contribution >= 4 is 6.09 Å². The Labute approximate surface area is 122 Å². The summed E-state index contributed by atoms with van der Waals surface area (Å²) in [4.78, 5) is 11.3. The molecule has 20 heavy (non-hydrogen) atoms. The summed E-state index contributed by atoms with van der Waals surface area (Å²) >= 11 is 0. The molecule has 0 saturated carbocycles. The highest BCUT2D eigenvalue weighted by atomic mass is 16.6. The Morgan fingerprint density at radius 2 is 1.70 bits per heavy atom. The predicted octanol–water partition coefficient (Wildman–Crippen LogP) is 1.54. The number of methoxy groups -OCH3 is 1. The molecule has 0 aromatic rings. The van der Waals surface area contributed by atoms with Crippen molar-refractivity contribution < 1.29 is 19.0 Å². The van der Waals surface area contributed by atoms with Crippen LogP contribution in [-0.4, -0.2) is 58.3 Å². The standard InChI is InChI=1S/C14H30N2O4/c1-14(2,3)20-13(17)16-9-5-7-15-8-6-10-19-12-11-18-4/h15H,5-12H2,1-4H3,(H,16,17). The average Bonchev–Trinajstić information content (AvgIpc) is 2.34. The molecule has 120 valence electrons. The van der Waals surface area contributed by atoms with Gasteiger partial charge in [-0.3, -0.25) is 0 Å². The van der Waals surface area contributed by atoms with Crippen molar-refractivity contribution in [2.24, 2.45) is 0 Å². The van der Waals surface area contributed by atoms with Crippen molar-refractivity contribution in [2.75, 3.05) is 46.6 Å². The lowest BCUT2D eigenvalue weighted by molar-refractivity contribution is 0.0527. The van der Waals surface area contributed by atoms with E-state index in [1.807, 2.05) is 20.8 Å². The number of alkyl carbamates (subject to hydrolysis) is 1. The third-order valence-corrected chi connectivity index (χ3v) is 2.27. The van der Waals surface area contributed by atoms with Crippen LogP contribution in [0.3, 0.4) is 0 Å². The molecule has 0 bridgehead atoms. The Balaban J connectivity index is 3.19. The van der Waals surface area contributed by atoms with E-state index in [2.05, 4.69) is 10.6 Å². The lowest BCUT2D eigenvalue weighted by atomic mass is 10.2. The van der Waals surface area contributed by atoms with Crippen LogP contribution in [0.2, 0.25) is 0 Å². The van der Waals surface area contributed by atoms with Crippen LogP contribution in [0.4, 0.5) is 4.79 Å². The molecule has 0 aliphatic heterocycles. The summed E-state index contributed by atoms with van der Waals surface area (Å²) in [7, 11) is 1.66. The monoisotopic (exact) mass is 290 g/mol. The summed E-state index contributed by atoms with van der Waals surface area (Å²) in [5.41, 5.74) is -0.439. The van der Waals surface area contributed by atoms with E-state index >= 15 is 0 Å². The van der Waals surface area contributed by atoms with Crippen molar-refractivity contribution in [3.8, 4) is 0 Å². The van der Waals surface area contributed by atoms with Crippen LogP contribution in [0.15, 0.2) is 0 Å². The van der Waals surface area contributed by atoms with Gasteiger partial charge < -0.3 is 24.8 Å². The van der Waals surface area contributed by atoms with Crippen molar-refractivity contribution in [1.29, 1.82) is 0 Å². The summed E-state index contributed by atoms with van der Waals surface area (Å²) < 4.78 is 15.4. The second kappa shape index (κ2) is 11.9. The molecule has 0 aromatic heterocycles. The largest absolute Gasteiger partial charge is 0.444 e. The van der Waals surface area contributed by atoms with Crippen LogP contribution >= 0.6 is 0 Å². The molecule has 1 amide bonds. The second-order valence-corrected chi connectivity index (χ2v) is 5.49. The first kappa shape index (κ1) is 19.1. The normalized spacial score (nSPS) is 11.4. The molecule has 0 radical (unpaired) electrons. The van der Waals surface area contributed by atoms with Gasteiger partial charge in [0.05, 0.1) is 13.2 Å². The highest BCUT2D eigenvalue weighted by Crippen LogP contribution is 2.06. The molecule has 6 nitrogen and oxygen atoms in total. The van der Waals surface area contributed by atoms with Gasteiger partial charge in [0.25, 0.3) is 0 Å². The van der Waals surface area contributed by atoms with Gasteiger partial charge >= 0.3 is 6.09 Å². The van der Waals surface area contributed by atoms with Crippen molar-refractivity contribution in [1.82, 2.24) is 10.6 Å². The fourth-order valence-corrected chi connectivity index (χ4v) is 1.39. The number of nitrogens with one attached hydrogen (secondary N) is 2. The van der Waals surface area contributed by atoms with Crippen LogP contribution in [0.1, 0.15) is 33.6 Å². The second-order valence-electron chi connectivity index (χ2n) is 5.49. The van der Waals surface area contributed by atoms with Crippen molar-refractivity contribution in [3.63, 3.8) is 0 Å². The fourth-order valence-electron chi connectivity index (χ4n) is 1.39. The van der Waals surface area contributed by atoms with Gasteiger partial charge in [-0.1, -0.05) is 0 Å². The SMILES string of the molecule is COCCOCCCNCCCNC(=O)OC(C)(C)C. The molecule has 0 atom stereocenters. The van der Waals surface area contributed by atoms with Crippen molar-refractivity contribution in [3.05, 3.63) is 0 Å². The van der Waals surface area contributed by atoms with Crippen LogP contribution in [0, 0.1) is 0 Å². The zero-order valence-electron chi connectivity index (χ0n) is 13.3. The fraction of sp³-hybridized carbons (Fsp3) is 0.929. The molecule has 0 unspecified atom stereocenters. The Kier molecular flexibility index (Phi) is 11.4. The van der Waals surface area contributed by atoms with E-state index in [0.717, 1.165) is 32.5 Å². The maximum absolute atomic E-state index is 11.3. The first-order valence-electron chi connectivity index (χ1n) is 7.20. The van der Waals surface area contributed by atoms with Gasteiger partial charge in [0.2, 0.25) is 0 Å². The molecule has 0 aliphatic rings. The van der Waals surface area contributed by atoms with Crippen LogP contribution in [-0.2, 0) is 14.2 Å². The molecule has 0 aromatic carbocycles. The minimum absolute atomic E-state index is 0.357. The van der Waals surface area contributed by atoms with E-state index in [4.69, 9.17) is 14.2 Å². The van der Waals surface area contributed by atoms with Gasteiger partial charge in [-0.05, 0) is 46.7 Å². The summed E-state index contributed by atoms with van der Waals surface area (Å²) in [5, 5.41) is 6.02. The van der Waals surface area contributed by atoms with E-state index < -0.39 is 5.60 Å². The number of ether oxygens (including phenoxy) is 3. The molecule has 0 spiro atoms. The van der Waals surface area contributed by atoms with Gasteiger partial charge in [0.1, 0.15) is 5.60 Å². The van der Waals surface area contributed by atoms with E-state index in [1.165, 1.54) is 0 Å². The molecule has 0 heterocycles. The number of amides is 1. The summed E-state index contributed by atoms with van der Waals surface area (Å²) in [5.74, 6) is 0. The van der Waals surface area contributed by atoms with Gasteiger partial charge in [-0.2, -0.15) is 0 Å². The highest BCUT2D eigenvalue weighted by molar-refractivity contribution is 5.67. The molecule has 0 saturated heterocycles. The molecular formula is C14H30N2O4. The number of hydrogen-bond acceptors (Lipinski definition) is 5. The van der Waals surface area contributed by atoms with E-state index in [0.29, 0.717) is 19.8 Å².